The Balaban J connectivity index is 0.000000137. The summed E-state index contributed by atoms with van der Waals surface area (Å²) in [4.78, 5) is 0. The van der Waals surface area contributed by atoms with Crippen molar-refractivity contribution in [1.82, 2.24) is 0 Å². The second kappa shape index (κ2) is 24.0. The molecular weight excluding hydrogens is 1170 g/mol. The number of nitriles is 2. The molecule has 0 fully saturated rings. The number of hydrogen-bond acceptors (Lipinski definition) is 8. The van der Waals surface area contributed by atoms with Crippen LogP contribution in [0.2, 0.25) is 0 Å². The molecule has 0 radical (unpaired) electrons. The van der Waals surface area contributed by atoms with Crippen LogP contribution in [-0.4, -0.2) is 17.2 Å². The highest BCUT2D eigenvalue weighted by Gasteiger charge is 2.17. The molecule has 16 aromatic rings. The molecular formula is C75H49BBrFN2O4S2. The van der Waals surface area contributed by atoms with Crippen LogP contribution < -0.4 is 5.46 Å². The van der Waals surface area contributed by atoms with Gasteiger partial charge in [-0.05, 0) is 182 Å². The van der Waals surface area contributed by atoms with Gasteiger partial charge in [0.15, 0.2) is 0 Å². The molecule has 0 amide bonds. The van der Waals surface area contributed by atoms with Crippen molar-refractivity contribution >= 4 is 135 Å². The van der Waals surface area contributed by atoms with Crippen molar-refractivity contribution < 1.29 is 23.6 Å². The number of rotatable bonds is 6. The first-order valence-electron chi connectivity index (χ1n) is 27.2. The molecule has 0 saturated carbocycles. The van der Waals surface area contributed by atoms with Gasteiger partial charge in [0.2, 0.25) is 0 Å². The second-order valence-electron chi connectivity index (χ2n) is 20.5. The summed E-state index contributed by atoms with van der Waals surface area (Å²) >= 11 is 7.18. The first-order valence-corrected chi connectivity index (χ1v) is 29.6. The van der Waals surface area contributed by atoms with Crippen molar-refractivity contribution in [3.63, 3.8) is 0 Å². The largest absolute Gasteiger partial charge is 0.488 e. The predicted octanol–water partition coefficient (Wildman–Crippen LogP) is 20.9. The molecule has 0 aliphatic rings. The minimum Gasteiger partial charge on any atom is -0.456 e. The summed E-state index contributed by atoms with van der Waals surface area (Å²) in [6.07, 6.45) is 0. The van der Waals surface area contributed by atoms with E-state index in [4.69, 9.17) is 18.9 Å². The Morgan fingerprint density at radius 3 is 1.21 bits per heavy atom. The van der Waals surface area contributed by atoms with Gasteiger partial charge < -0.3 is 18.9 Å². The lowest BCUT2D eigenvalue weighted by Gasteiger charge is -2.13. The molecule has 0 aliphatic carbocycles. The topological polar surface area (TPSA) is 114 Å². The third-order valence-electron chi connectivity index (χ3n) is 15.4. The van der Waals surface area contributed by atoms with Crippen molar-refractivity contribution in [2.24, 2.45) is 0 Å². The van der Waals surface area contributed by atoms with Crippen molar-refractivity contribution in [3.8, 4) is 67.8 Å². The lowest BCUT2D eigenvalue weighted by atomic mass is 9.80. The summed E-state index contributed by atoms with van der Waals surface area (Å²) in [5.74, 6) is 0. The highest BCUT2D eigenvalue weighted by molar-refractivity contribution is 9.10. The maximum Gasteiger partial charge on any atom is 0.488 e. The Hall–Kier alpha value is -9.95. The predicted molar refractivity (Wildman–Crippen MR) is 363 cm³/mol. The molecule has 86 heavy (non-hydrogen) atoms. The number of thiophene rings is 2. The minimum atomic E-state index is -1.40. The summed E-state index contributed by atoms with van der Waals surface area (Å²) in [7, 11) is -1.40. The van der Waals surface area contributed by atoms with Gasteiger partial charge in [-0.15, -0.1) is 22.7 Å². The lowest BCUT2D eigenvalue weighted by Crippen LogP contribution is -2.29. The molecule has 0 saturated heterocycles. The maximum absolute atomic E-state index is 9.88. The smallest absolute Gasteiger partial charge is 0.456 e. The van der Waals surface area contributed by atoms with Crippen LogP contribution in [0, 0.1) is 22.7 Å². The molecule has 412 valence electrons. The average molecular weight is 1220 g/mol. The molecule has 6 nitrogen and oxygen atoms in total. The molecule has 0 spiro atoms. The molecule has 2 N–H and O–H groups in total. The number of para-hydroxylation sites is 2. The monoisotopic (exact) mass is 1210 g/mol. The number of hydrogen-bond donors (Lipinski definition) is 2. The standard InChI is InChI=1S/C37H21NOS.C25H14BrNO.C12H9BO2S.CH4.FH/c38-22-25-7-1-2-8-29(25)28-18-26(23-13-15-35-32(20-23)30-9-3-5-11-34(30)39-35)17-27(19-28)24-14-16-37-33(21-24)31-10-4-6-12-36(31)40-37;26-20-12-18(11-19(13-20)21-6-2-1-5-17(21)15-27)16-9-10-25-23(14-16)22-7-3-4-8-24(22)28-25;14-13(15)8-5-6-12-10(7-8)9-3-1-2-4-11(9)16-12;;/h1-21H;1-14H;1-7,14-15H;1H4;1H. The van der Waals surface area contributed by atoms with Gasteiger partial charge in [0.25, 0.3) is 0 Å². The van der Waals surface area contributed by atoms with Gasteiger partial charge in [0.1, 0.15) is 22.3 Å². The second-order valence-corrected chi connectivity index (χ2v) is 23.6. The van der Waals surface area contributed by atoms with Crippen LogP contribution in [0.3, 0.4) is 0 Å². The fourth-order valence-corrected chi connectivity index (χ4v) is 14.0. The van der Waals surface area contributed by atoms with Crippen LogP contribution in [0.15, 0.2) is 268 Å². The van der Waals surface area contributed by atoms with Gasteiger partial charge in [-0.1, -0.05) is 163 Å². The first kappa shape index (κ1) is 56.5. The third kappa shape index (κ3) is 10.7. The summed E-state index contributed by atoms with van der Waals surface area (Å²) in [5.41, 5.74) is 16.0. The number of benzene rings is 12. The van der Waals surface area contributed by atoms with E-state index in [-0.39, 0.29) is 12.1 Å². The van der Waals surface area contributed by atoms with E-state index in [1.54, 1.807) is 17.4 Å². The van der Waals surface area contributed by atoms with Crippen molar-refractivity contribution in [2.75, 3.05) is 0 Å². The van der Waals surface area contributed by atoms with E-state index in [0.29, 0.717) is 16.6 Å². The highest BCUT2D eigenvalue weighted by Crippen LogP contribution is 2.42. The molecule has 16 rings (SSSR count). The van der Waals surface area contributed by atoms with Gasteiger partial charge in [0.05, 0.1) is 23.3 Å². The van der Waals surface area contributed by atoms with E-state index in [0.717, 1.165) is 109 Å². The number of nitrogens with zero attached hydrogens (tertiary/aromatic N) is 2. The summed E-state index contributed by atoms with van der Waals surface area (Å²) in [5, 5.41) is 46.9. The molecule has 0 unspecified atom stereocenters. The quantitative estimate of drug-likeness (QED) is 0.160. The van der Waals surface area contributed by atoms with Crippen LogP contribution >= 0.6 is 38.6 Å². The Morgan fingerprint density at radius 1 is 0.337 bits per heavy atom. The molecule has 0 atom stereocenters. The van der Waals surface area contributed by atoms with Gasteiger partial charge in [0, 0.05) is 61.0 Å². The van der Waals surface area contributed by atoms with Crippen LogP contribution in [0.4, 0.5) is 4.70 Å². The normalized spacial score (nSPS) is 11.0. The minimum absolute atomic E-state index is 0. The fraction of sp³-hybridized carbons (Fsp3) is 0.0133. The van der Waals surface area contributed by atoms with E-state index in [9.17, 15) is 10.5 Å². The van der Waals surface area contributed by atoms with E-state index >= 15 is 0 Å². The zero-order valence-electron chi connectivity index (χ0n) is 45.0. The van der Waals surface area contributed by atoms with E-state index in [2.05, 4.69) is 155 Å². The first-order chi connectivity index (χ1) is 41.2. The van der Waals surface area contributed by atoms with Crippen molar-refractivity contribution in [2.45, 2.75) is 7.43 Å². The van der Waals surface area contributed by atoms with E-state index < -0.39 is 7.12 Å². The summed E-state index contributed by atoms with van der Waals surface area (Å²) < 4.78 is 18.0. The fourth-order valence-electron chi connectivity index (χ4n) is 11.3. The Bertz CT molecular complexity index is 5210. The number of fused-ring (bicyclic) bond motifs is 12. The van der Waals surface area contributed by atoms with Gasteiger partial charge in [-0.3, -0.25) is 4.70 Å². The average Bonchev–Trinajstić information content (AvgIpc) is 2.35. The van der Waals surface area contributed by atoms with Crippen molar-refractivity contribution in [1.29, 1.82) is 10.5 Å². The summed E-state index contributed by atoms with van der Waals surface area (Å²) in [6, 6.07) is 91.1. The zero-order chi connectivity index (χ0) is 56.8. The lowest BCUT2D eigenvalue weighted by molar-refractivity contribution is 0.426. The number of furan rings is 2. The molecule has 0 bridgehead atoms. The molecule has 4 heterocycles. The van der Waals surface area contributed by atoms with Crippen LogP contribution in [-0.2, 0) is 0 Å². The van der Waals surface area contributed by atoms with Gasteiger partial charge in [-0.25, -0.2) is 0 Å². The van der Waals surface area contributed by atoms with Crippen LogP contribution in [0.25, 0.3) is 140 Å². The molecule has 12 aromatic carbocycles. The van der Waals surface area contributed by atoms with Crippen LogP contribution in [0.1, 0.15) is 18.6 Å². The number of halogens is 2. The van der Waals surface area contributed by atoms with Crippen molar-refractivity contribution in [3.05, 3.63) is 270 Å². The van der Waals surface area contributed by atoms with E-state index in [1.165, 1.54) is 35.0 Å². The molecule has 0 aliphatic heterocycles. The van der Waals surface area contributed by atoms with E-state index in [1.807, 2.05) is 133 Å². The van der Waals surface area contributed by atoms with Crippen LogP contribution in [0.5, 0.6) is 0 Å². The maximum atomic E-state index is 9.88. The highest BCUT2D eigenvalue weighted by atomic mass is 79.9. The Morgan fingerprint density at radius 2 is 0.698 bits per heavy atom. The molecule has 11 heteroatoms. The van der Waals surface area contributed by atoms with Gasteiger partial charge >= 0.3 is 7.12 Å². The summed E-state index contributed by atoms with van der Waals surface area (Å²) in [6.45, 7) is 0. The third-order valence-corrected chi connectivity index (χ3v) is 18.1. The SMILES string of the molecule is C.F.N#Cc1ccccc1-c1cc(-c2ccc3oc4ccccc4c3c2)cc(-c2ccc3sc4ccccc4c3c2)c1.N#Cc1ccccc1-c1cc(Br)cc(-c2ccc3oc4ccccc4c3c2)c1.OB(O)c1ccc2sc3ccccc3c2c1. The Labute approximate surface area is 511 Å². The zero-order valence-corrected chi connectivity index (χ0v) is 48.3. The van der Waals surface area contributed by atoms with Gasteiger partial charge in [-0.2, -0.15) is 10.5 Å². The Kier molecular flexibility index (Phi) is 15.8. The molecule has 4 aromatic heterocycles.